The van der Waals surface area contributed by atoms with E-state index in [9.17, 15) is 4.79 Å². The van der Waals surface area contributed by atoms with Crippen molar-refractivity contribution in [3.8, 4) is 0 Å². The van der Waals surface area contributed by atoms with Crippen molar-refractivity contribution in [2.45, 2.75) is 11.8 Å². The maximum atomic E-state index is 11.5. The number of amides is 2. The lowest BCUT2D eigenvalue weighted by molar-refractivity contribution is 0.224. The summed E-state index contributed by atoms with van der Waals surface area (Å²) < 4.78 is 0. The molecule has 15 heavy (non-hydrogen) atoms. The molecule has 1 N–H and O–H groups in total. The third kappa shape index (κ3) is 3.47. The van der Waals surface area contributed by atoms with Crippen molar-refractivity contribution in [2.75, 3.05) is 25.2 Å². The molecule has 1 aromatic rings. The van der Waals surface area contributed by atoms with Crippen LogP contribution < -0.4 is 5.32 Å². The highest BCUT2D eigenvalue weighted by molar-refractivity contribution is 7.98. The molecular weight excluding hydrogens is 208 g/mol. The first-order valence-corrected chi connectivity index (χ1v) is 6.06. The van der Waals surface area contributed by atoms with E-state index in [1.807, 2.05) is 37.4 Å². The third-order valence-electron chi connectivity index (χ3n) is 2.16. The van der Waals surface area contributed by atoms with Crippen molar-refractivity contribution in [3.05, 3.63) is 24.3 Å². The summed E-state index contributed by atoms with van der Waals surface area (Å²) in [5, 5.41) is 2.82. The van der Waals surface area contributed by atoms with Gasteiger partial charge in [-0.1, -0.05) is 0 Å². The molecule has 0 aliphatic heterocycles. The second-order valence-electron chi connectivity index (χ2n) is 3.17. The van der Waals surface area contributed by atoms with Gasteiger partial charge in [-0.25, -0.2) is 4.79 Å². The highest BCUT2D eigenvalue weighted by atomic mass is 32.2. The number of nitrogens with one attached hydrogen (secondary N) is 1. The minimum Gasteiger partial charge on any atom is -0.328 e. The molecule has 0 fully saturated rings. The highest BCUT2D eigenvalue weighted by Crippen LogP contribution is 2.17. The van der Waals surface area contributed by atoms with E-state index in [0.717, 1.165) is 5.69 Å². The Labute approximate surface area is 94.9 Å². The van der Waals surface area contributed by atoms with Crippen LogP contribution >= 0.6 is 11.8 Å². The summed E-state index contributed by atoms with van der Waals surface area (Å²) in [5.74, 6) is 0. The van der Waals surface area contributed by atoms with Gasteiger partial charge in [-0.15, -0.1) is 11.8 Å². The molecule has 1 aromatic carbocycles. The Morgan fingerprint density at radius 1 is 1.40 bits per heavy atom. The first-order valence-electron chi connectivity index (χ1n) is 4.83. The van der Waals surface area contributed by atoms with Crippen LogP contribution in [0, 0.1) is 0 Å². The van der Waals surface area contributed by atoms with E-state index in [0.29, 0.717) is 6.54 Å². The van der Waals surface area contributed by atoms with Crippen molar-refractivity contribution in [1.29, 1.82) is 0 Å². The molecular formula is C11H16N2OS. The average molecular weight is 224 g/mol. The standard InChI is InChI=1S/C11H16N2OS/c1-4-13(2)11(14)12-9-5-7-10(15-3)8-6-9/h5-8H,4H2,1-3H3,(H,12,14). The number of hydrogen-bond donors (Lipinski definition) is 1. The molecule has 0 spiro atoms. The Balaban J connectivity index is 2.61. The van der Waals surface area contributed by atoms with Crippen LogP contribution in [0.2, 0.25) is 0 Å². The molecule has 4 heteroatoms. The van der Waals surface area contributed by atoms with Gasteiger partial charge in [0.2, 0.25) is 0 Å². The Morgan fingerprint density at radius 3 is 2.47 bits per heavy atom. The summed E-state index contributed by atoms with van der Waals surface area (Å²) in [6.45, 7) is 2.64. The van der Waals surface area contributed by atoms with Crippen LogP contribution in [0.15, 0.2) is 29.2 Å². The van der Waals surface area contributed by atoms with E-state index in [1.54, 1.807) is 23.7 Å². The fourth-order valence-electron chi connectivity index (χ4n) is 1.04. The van der Waals surface area contributed by atoms with Gasteiger partial charge in [-0.05, 0) is 37.4 Å². The normalized spacial score (nSPS) is 9.80. The molecule has 0 aliphatic carbocycles. The molecule has 0 saturated carbocycles. The molecule has 0 atom stereocenters. The third-order valence-corrected chi connectivity index (χ3v) is 2.91. The number of thioether (sulfide) groups is 1. The molecule has 0 bridgehead atoms. The van der Waals surface area contributed by atoms with Gasteiger partial charge in [0.1, 0.15) is 0 Å². The van der Waals surface area contributed by atoms with Gasteiger partial charge < -0.3 is 10.2 Å². The number of carbonyl (C=O) groups excluding carboxylic acids is 1. The number of nitrogens with zero attached hydrogens (tertiary/aromatic N) is 1. The van der Waals surface area contributed by atoms with Crippen LogP contribution in [0.1, 0.15) is 6.92 Å². The van der Waals surface area contributed by atoms with Crippen molar-refractivity contribution in [3.63, 3.8) is 0 Å². The fraction of sp³-hybridized carbons (Fsp3) is 0.364. The Bertz CT molecular complexity index is 324. The number of anilines is 1. The van der Waals surface area contributed by atoms with Crippen LogP contribution in [-0.4, -0.2) is 30.8 Å². The minimum absolute atomic E-state index is 0.0746. The number of rotatable bonds is 3. The topological polar surface area (TPSA) is 32.3 Å². The molecule has 0 heterocycles. The van der Waals surface area contributed by atoms with E-state index in [4.69, 9.17) is 0 Å². The maximum absolute atomic E-state index is 11.5. The second-order valence-corrected chi connectivity index (χ2v) is 4.05. The van der Waals surface area contributed by atoms with Crippen molar-refractivity contribution >= 4 is 23.5 Å². The molecule has 2 amide bonds. The number of benzene rings is 1. The SMILES string of the molecule is CCN(C)C(=O)Nc1ccc(SC)cc1. The van der Waals surface area contributed by atoms with Gasteiger partial charge in [0.05, 0.1) is 0 Å². The van der Waals surface area contributed by atoms with E-state index >= 15 is 0 Å². The summed E-state index contributed by atoms with van der Waals surface area (Å²) in [6.07, 6.45) is 2.03. The van der Waals surface area contributed by atoms with Gasteiger partial charge in [-0.2, -0.15) is 0 Å². The van der Waals surface area contributed by atoms with Gasteiger partial charge in [0.15, 0.2) is 0 Å². The highest BCUT2D eigenvalue weighted by Gasteiger charge is 2.05. The molecule has 0 aliphatic rings. The van der Waals surface area contributed by atoms with E-state index in [2.05, 4.69) is 5.32 Å². The van der Waals surface area contributed by atoms with Crippen LogP contribution in [0.25, 0.3) is 0 Å². The lowest BCUT2D eigenvalue weighted by Crippen LogP contribution is -2.30. The molecule has 0 unspecified atom stereocenters. The Morgan fingerprint density at radius 2 is 2.00 bits per heavy atom. The van der Waals surface area contributed by atoms with E-state index in [1.165, 1.54) is 4.90 Å². The van der Waals surface area contributed by atoms with Gasteiger partial charge >= 0.3 is 6.03 Å². The first kappa shape index (κ1) is 11.9. The van der Waals surface area contributed by atoms with Crippen molar-refractivity contribution in [1.82, 2.24) is 4.90 Å². The lowest BCUT2D eigenvalue weighted by Gasteiger charge is -2.15. The lowest BCUT2D eigenvalue weighted by atomic mass is 10.3. The maximum Gasteiger partial charge on any atom is 0.321 e. The number of carbonyl (C=O) groups is 1. The van der Waals surface area contributed by atoms with Gasteiger partial charge in [0.25, 0.3) is 0 Å². The first-order chi connectivity index (χ1) is 7.17. The van der Waals surface area contributed by atoms with E-state index in [-0.39, 0.29) is 6.03 Å². The van der Waals surface area contributed by atoms with Crippen molar-refractivity contribution in [2.24, 2.45) is 0 Å². The fourth-order valence-corrected chi connectivity index (χ4v) is 1.45. The van der Waals surface area contributed by atoms with Gasteiger partial charge in [0, 0.05) is 24.2 Å². The quantitative estimate of drug-likeness (QED) is 0.801. The predicted molar refractivity (Wildman–Crippen MR) is 65.5 cm³/mol. The van der Waals surface area contributed by atoms with Crippen LogP contribution in [0.5, 0.6) is 0 Å². The zero-order valence-corrected chi connectivity index (χ0v) is 10.1. The second kappa shape index (κ2) is 5.66. The van der Waals surface area contributed by atoms with Crippen LogP contribution in [-0.2, 0) is 0 Å². The van der Waals surface area contributed by atoms with Crippen LogP contribution in [0.3, 0.4) is 0 Å². The average Bonchev–Trinajstić information content (AvgIpc) is 2.29. The van der Waals surface area contributed by atoms with Gasteiger partial charge in [-0.3, -0.25) is 0 Å². The smallest absolute Gasteiger partial charge is 0.321 e. The van der Waals surface area contributed by atoms with Crippen molar-refractivity contribution < 1.29 is 4.79 Å². The Kier molecular flexibility index (Phi) is 4.49. The molecule has 0 radical (unpaired) electrons. The van der Waals surface area contributed by atoms with Crippen LogP contribution in [0.4, 0.5) is 10.5 Å². The minimum atomic E-state index is -0.0746. The largest absolute Gasteiger partial charge is 0.328 e. The molecule has 0 saturated heterocycles. The Hall–Kier alpha value is -1.16. The molecule has 0 aromatic heterocycles. The molecule has 82 valence electrons. The monoisotopic (exact) mass is 224 g/mol. The predicted octanol–water partition coefficient (Wildman–Crippen LogP) is 2.89. The molecule has 1 rings (SSSR count). The number of hydrogen-bond acceptors (Lipinski definition) is 2. The molecule has 3 nitrogen and oxygen atoms in total. The summed E-state index contributed by atoms with van der Waals surface area (Å²) in [7, 11) is 1.77. The summed E-state index contributed by atoms with van der Waals surface area (Å²) in [4.78, 5) is 14.3. The zero-order chi connectivity index (χ0) is 11.3. The summed E-state index contributed by atoms with van der Waals surface area (Å²) >= 11 is 1.68. The van der Waals surface area contributed by atoms with E-state index < -0.39 is 0 Å². The zero-order valence-electron chi connectivity index (χ0n) is 9.28. The number of urea groups is 1. The summed E-state index contributed by atoms with van der Waals surface area (Å²) in [5.41, 5.74) is 0.832. The summed E-state index contributed by atoms with van der Waals surface area (Å²) in [6, 6.07) is 7.73.